The molecule has 0 unspecified atom stereocenters. The van der Waals surface area contributed by atoms with E-state index in [4.69, 9.17) is 4.74 Å². The molecule has 1 fully saturated rings. The van der Waals surface area contributed by atoms with Crippen LogP contribution in [0.1, 0.15) is 36.6 Å². The first-order valence-electron chi connectivity index (χ1n) is 7.26. The molecule has 2 heterocycles. The summed E-state index contributed by atoms with van der Waals surface area (Å²) in [6.07, 6.45) is 8.80. The van der Waals surface area contributed by atoms with E-state index in [2.05, 4.69) is 31.9 Å². The average molecular weight is 300 g/mol. The summed E-state index contributed by atoms with van der Waals surface area (Å²) in [5.74, 6) is 1.30. The molecule has 0 aliphatic heterocycles. The van der Waals surface area contributed by atoms with Gasteiger partial charge in [0.25, 0.3) is 0 Å². The van der Waals surface area contributed by atoms with Gasteiger partial charge in [-0.15, -0.1) is 0 Å². The molecule has 7 nitrogen and oxygen atoms in total. The molecule has 0 saturated heterocycles. The molecule has 3 rings (SSSR count). The Labute approximate surface area is 128 Å². The van der Waals surface area contributed by atoms with Crippen LogP contribution in [0, 0.1) is 6.42 Å². The summed E-state index contributed by atoms with van der Waals surface area (Å²) in [7, 11) is 1.52. The Balaban J connectivity index is 1.56. The molecule has 1 saturated carbocycles. The van der Waals surface area contributed by atoms with Gasteiger partial charge in [0, 0.05) is 17.7 Å². The summed E-state index contributed by atoms with van der Waals surface area (Å²) >= 11 is 0. The first kappa shape index (κ1) is 14.5. The van der Waals surface area contributed by atoms with E-state index in [1.807, 2.05) is 6.07 Å². The van der Waals surface area contributed by atoms with E-state index < -0.39 is 0 Å². The molecule has 2 N–H and O–H groups in total. The quantitative estimate of drug-likeness (QED) is 0.879. The van der Waals surface area contributed by atoms with Gasteiger partial charge < -0.3 is 10.1 Å². The molecule has 1 aliphatic rings. The SMILES string of the molecule is COc1cnc(CC(=O)Nc2cc([C@H]3C[CH]CC3)[nH]n2)cn1. The lowest BCUT2D eigenvalue weighted by Gasteiger charge is -2.04. The highest BCUT2D eigenvalue weighted by Gasteiger charge is 2.19. The Hall–Kier alpha value is -2.44. The minimum atomic E-state index is -0.171. The summed E-state index contributed by atoms with van der Waals surface area (Å²) < 4.78 is 4.93. The molecule has 115 valence electrons. The van der Waals surface area contributed by atoms with Crippen LogP contribution >= 0.6 is 0 Å². The van der Waals surface area contributed by atoms with Crippen molar-refractivity contribution < 1.29 is 9.53 Å². The number of ether oxygens (including phenoxy) is 1. The number of carbonyl (C=O) groups excluding carboxylic acids is 1. The second kappa shape index (κ2) is 6.55. The van der Waals surface area contributed by atoms with E-state index in [1.54, 1.807) is 0 Å². The first-order chi connectivity index (χ1) is 10.7. The van der Waals surface area contributed by atoms with Gasteiger partial charge in [0.2, 0.25) is 11.8 Å². The smallest absolute Gasteiger partial charge is 0.231 e. The summed E-state index contributed by atoms with van der Waals surface area (Å²) in [6.45, 7) is 0. The van der Waals surface area contributed by atoms with Crippen LogP contribution < -0.4 is 10.1 Å². The first-order valence-corrected chi connectivity index (χ1v) is 7.26. The van der Waals surface area contributed by atoms with Crippen LogP contribution in [0.2, 0.25) is 0 Å². The van der Waals surface area contributed by atoms with E-state index in [9.17, 15) is 4.79 Å². The summed E-state index contributed by atoms with van der Waals surface area (Å²) in [5.41, 5.74) is 1.66. The Kier molecular flexibility index (Phi) is 4.32. The van der Waals surface area contributed by atoms with Crippen molar-refractivity contribution in [1.29, 1.82) is 0 Å². The fourth-order valence-electron chi connectivity index (χ4n) is 2.54. The van der Waals surface area contributed by atoms with Crippen molar-refractivity contribution in [3.8, 4) is 5.88 Å². The lowest BCUT2D eigenvalue weighted by atomic mass is 10.0. The summed E-state index contributed by atoms with van der Waals surface area (Å²) in [6, 6.07) is 1.90. The number of rotatable bonds is 5. The third-order valence-corrected chi connectivity index (χ3v) is 3.71. The molecular weight excluding hydrogens is 282 g/mol. The number of amides is 1. The number of methoxy groups -OCH3 is 1. The zero-order valence-electron chi connectivity index (χ0n) is 12.4. The third-order valence-electron chi connectivity index (χ3n) is 3.71. The minimum absolute atomic E-state index is 0.149. The molecule has 7 heteroatoms. The van der Waals surface area contributed by atoms with Crippen LogP contribution in [0.25, 0.3) is 0 Å². The highest BCUT2D eigenvalue weighted by molar-refractivity contribution is 5.91. The highest BCUT2D eigenvalue weighted by atomic mass is 16.5. The maximum absolute atomic E-state index is 12.0. The molecule has 0 spiro atoms. The van der Waals surface area contributed by atoms with Crippen molar-refractivity contribution in [2.75, 3.05) is 12.4 Å². The summed E-state index contributed by atoms with van der Waals surface area (Å²) in [5, 5.41) is 9.92. The number of aromatic nitrogens is 4. The monoisotopic (exact) mass is 300 g/mol. The number of hydrogen-bond acceptors (Lipinski definition) is 5. The third kappa shape index (κ3) is 3.41. The highest BCUT2D eigenvalue weighted by Crippen LogP contribution is 2.32. The fraction of sp³-hybridized carbons (Fsp3) is 0.400. The second-order valence-corrected chi connectivity index (χ2v) is 5.28. The molecule has 1 aliphatic carbocycles. The fourth-order valence-corrected chi connectivity index (χ4v) is 2.54. The van der Waals surface area contributed by atoms with Gasteiger partial charge in [-0.05, 0) is 25.7 Å². The predicted octanol–water partition coefficient (Wildman–Crippen LogP) is 1.86. The molecule has 1 radical (unpaired) electrons. The summed E-state index contributed by atoms with van der Waals surface area (Å²) in [4.78, 5) is 20.1. The Morgan fingerprint density at radius 1 is 1.45 bits per heavy atom. The molecule has 2 aromatic heterocycles. The van der Waals surface area contributed by atoms with Gasteiger partial charge in [-0.1, -0.05) is 0 Å². The number of anilines is 1. The maximum Gasteiger partial charge on any atom is 0.231 e. The van der Waals surface area contributed by atoms with Crippen molar-refractivity contribution >= 4 is 11.7 Å². The van der Waals surface area contributed by atoms with Crippen LogP contribution in [0.3, 0.4) is 0 Å². The van der Waals surface area contributed by atoms with Crippen LogP contribution in [0.15, 0.2) is 18.5 Å². The van der Waals surface area contributed by atoms with Gasteiger partial charge in [0.05, 0.1) is 31.6 Å². The number of H-pyrrole nitrogens is 1. The number of nitrogens with zero attached hydrogens (tertiary/aromatic N) is 3. The average Bonchev–Trinajstić information content (AvgIpc) is 3.19. The van der Waals surface area contributed by atoms with Crippen molar-refractivity contribution in [1.82, 2.24) is 20.2 Å². The van der Waals surface area contributed by atoms with Crippen LogP contribution in [-0.4, -0.2) is 33.2 Å². The Morgan fingerprint density at radius 3 is 3.05 bits per heavy atom. The van der Waals surface area contributed by atoms with Gasteiger partial charge in [-0.25, -0.2) is 4.98 Å². The molecular formula is C15H18N5O2. The molecule has 2 aromatic rings. The van der Waals surface area contributed by atoms with E-state index in [-0.39, 0.29) is 12.3 Å². The van der Waals surface area contributed by atoms with E-state index >= 15 is 0 Å². The van der Waals surface area contributed by atoms with Gasteiger partial charge >= 0.3 is 0 Å². The van der Waals surface area contributed by atoms with Gasteiger partial charge in [0.15, 0.2) is 5.82 Å². The number of nitrogens with one attached hydrogen (secondary N) is 2. The zero-order valence-corrected chi connectivity index (χ0v) is 12.4. The topological polar surface area (TPSA) is 92.8 Å². The lowest BCUT2D eigenvalue weighted by Crippen LogP contribution is -2.15. The maximum atomic E-state index is 12.0. The molecule has 0 aromatic carbocycles. The van der Waals surface area contributed by atoms with Crippen LogP contribution in [-0.2, 0) is 11.2 Å². The molecule has 0 bridgehead atoms. The molecule has 1 atom stereocenters. The molecule has 22 heavy (non-hydrogen) atoms. The standard InChI is InChI=1S/C15H18N5O2/c1-22-15-9-16-11(8-17-15)6-14(21)18-13-7-12(19-20-13)10-4-2-3-5-10/h2,7-10H,3-6H2,1H3,(H2,18,19,20,21)/t10-/m0/s1. The zero-order chi connectivity index (χ0) is 15.4. The van der Waals surface area contributed by atoms with Crippen molar-refractivity contribution in [3.63, 3.8) is 0 Å². The number of aromatic amines is 1. The second-order valence-electron chi connectivity index (χ2n) is 5.28. The van der Waals surface area contributed by atoms with E-state index in [0.29, 0.717) is 23.3 Å². The van der Waals surface area contributed by atoms with Crippen molar-refractivity contribution in [3.05, 3.63) is 36.3 Å². The van der Waals surface area contributed by atoms with Crippen molar-refractivity contribution in [2.24, 2.45) is 0 Å². The Morgan fingerprint density at radius 2 is 2.36 bits per heavy atom. The normalized spacial score (nSPS) is 15.0. The van der Waals surface area contributed by atoms with Crippen LogP contribution in [0.4, 0.5) is 5.82 Å². The van der Waals surface area contributed by atoms with E-state index in [1.165, 1.54) is 19.5 Å². The largest absolute Gasteiger partial charge is 0.480 e. The van der Waals surface area contributed by atoms with Gasteiger partial charge in [0.1, 0.15) is 0 Å². The Bertz CT molecular complexity index is 632. The number of hydrogen-bond donors (Lipinski definition) is 2. The minimum Gasteiger partial charge on any atom is -0.480 e. The van der Waals surface area contributed by atoms with E-state index in [0.717, 1.165) is 25.0 Å². The van der Waals surface area contributed by atoms with Crippen LogP contribution in [0.5, 0.6) is 5.88 Å². The predicted molar refractivity (Wildman–Crippen MR) is 80.4 cm³/mol. The lowest BCUT2D eigenvalue weighted by molar-refractivity contribution is -0.115. The van der Waals surface area contributed by atoms with Gasteiger partial charge in [-0.2, -0.15) is 5.10 Å². The van der Waals surface area contributed by atoms with Crippen molar-refractivity contribution in [2.45, 2.75) is 31.6 Å². The number of carbonyl (C=O) groups is 1. The van der Waals surface area contributed by atoms with Gasteiger partial charge in [-0.3, -0.25) is 14.9 Å². The molecule has 1 amide bonds.